The van der Waals surface area contributed by atoms with Gasteiger partial charge in [0, 0.05) is 37.7 Å². The molecule has 0 saturated carbocycles. The number of rotatable bonds is 6. The molecule has 2 nitrogen and oxygen atoms in total. The first-order valence-electron chi connectivity index (χ1n) is 9.59. The van der Waals surface area contributed by atoms with Crippen molar-refractivity contribution >= 4 is 76.3 Å². The quantitative estimate of drug-likeness (QED) is 0.184. The van der Waals surface area contributed by atoms with E-state index in [9.17, 15) is 0 Å². The van der Waals surface area contributed by atoms with Gasteiger partial charge in [0.25, 0.3) is 0 Å². The predicted octanol–water partition coefficient (Wildman–Crippen LogP) is 6.63. The maximum Gasteiger partial charge on any atom is 0.147 e. The summed E-state index contributed by atoms with van der Waals surface area (Å²) < 4.78 is 2.14. The molecule has 2 rings (SSSR count). The van der Waals surface area contributed by atoms with Gasteiger partial charge in [0.05, 0.1) is 0 Å². The molecule has 0 radical (unpaired) electrons. The van der Waals surface area contributed by atoms with E-state index in [2.05, 4.69) is 22.0 Å². The van der Waals surface area contributed by atoms with Gasteiger partial charge in [-0.15, -0.1) is 0 Å². The first-order chi connectivity index (χ1) is 12.8. The van der Waals surface area contributed by atoms with Gasteiger partial charge in [-0.05, 0) is 47.3 Å². The van der Waals surface area contributed by atoms with E-state index in [1.807, 2.05) is 21.6 Å². The average molecular weight is 467 g/mol. The summed E-state index contributed by atoms with van der Waals surface area (Å²) in [5.74, 6) is 2.03. The Balaban J connectivity index is 1.48. The normalized spacial score (nSPS) is 19.4. The highest BCUT2D eigenvalue weighted by Gasteiger charge is 2.13. The smallest absolute Gasteiger partial charge is 0.147 e. The zero-order valence-corrected chi connectivity index (χ0v) is 20.3. The van der Waals surface area contributed by atoms with Crippen LogP contribution in [-0.4, -0.2) is 56.1 Å². The number of thiocarbonyl (C=S) groups is 2. The van der Waals surface area contributed by atoms with Gasteiger partial charge in [0.15, 0.2) is 0 Å². The van der Waals surface area contributed by atoms with Gasteiger partial charge in [-0.2, -0.15) is 0 Å². The second-order valence-electron chi connectivity index (χ2n) is 6.54. The molecule has 0 spiro atoms. The summed E-state index contributed by atoms with van der Waals surface area (Å²) in [6, 6.07) is 0. The van der Waals surface area contributed by atoms with Gasteiger partial charge in [0.2, 0.25) is 0 Å². The lowest BCUT2D eigenvalue weighted by atomic mass is 10.2. The fourth-order valence-corrected chi connectivity index (χ4v) is 7.69. The highest BCUT2D eigenvalue weighted by atomic mass is 33.1. The summed E-state index contributed by atoms with van der Waals surface area (Å²) in [4.78, 5) is 4.78. The van der Waals surface area contributed by atoms with Gasteiger partial charge >= 0.3 is 0 Å². The van der Waals surface area contributed by atoms with E-state index in [-0.39, 0.29) is 0 Å². The Kier molecular flexibility index (Phi) is 13.3. The molecule has 0 amide bonds. The third kappa shape index (κ3) is 9.92. The van der Waals surface area contributed by atoms with Crippen molar-refractivity contribution < 1.29 is 0 Å². The van der Waals surface area contributed by atoms with Gasteiger partial charge in [-0.25, -0.2) is 0 Å². The minimum atomic E-state index is 1.01. The molecule has 0 aliphatic carbocycles. The fraction of sp³-hybridized carbons (Fsp3) is 0.778. The highest BCUT2D eigenvalue weighted by molar-refractivity contribution is 8.84. The molecule has 0 N–H and O–H groups in total. The average Bonchev–Trinajstić information content (AvgIpc) is 3.08. The summed E-state index contributed by atoms with van der Waals surface area (Å²) in [7, 11) is 7.23. The van der Waals surface area contributed by atoms with E-state index >= 15 is 0 Å². The zero-order chi connectivity index (χ0) is 18.5. The summed E-state index contributed by atoms with van der Waals surface area (Å²) in [5, 5.41) is 0. The molecule has 0 aromatic heterocycles. The molecule has 0 aromatic rings. The molecular weight excluding hydrogens is 437 g/mol. The summed E-state index contributed by atoms with van der Waals surface area (Å²) >= 11 is 11.1. The van der Waals surface area contributed by atoms with Gasteiger partial charge in [-0.3, -0.25) is 0 Å². The molecule has 2 aliphatic heterocycles. The van der Waals surface area contributed by atoms with Crippen LogP contribution in [0.5, 0.6) is 0 Å². The predicted molar refractivity (Wildman–Crippen MR) is 135 cm³/mol. The fourth-order valence-electron chi connectivity index (χ4n) is 3.00. The topological polar surface area (TPSA) is 6.48 Å². The molecule has 2 aliphatic rings. The summed E-state index contributed by atoms with van der Waals surface area (Å²) in [6.07, 6.45) is 15.1. The molecule has 148 valence electrons. The SMILES string of the molecule is S=C(SSCC=CCSSC(=S)N1CCCCCC1)N1CCCCCC1. The zero-order valence-electron chi connectivity index (χ0n) is 15.4. The molecule has 0 atom stereocenters. The minimum absolute atomic E-state index is 1.01. The van der Waals surface area contributed by atoms with E-state index in [4.69, 9.17) is 24.4 Å². The number of hydrogen-bond donors (Lipinski definition) is 0. The van der Waals surface area contributed by atoms with Crippen LogP contribution in [0.2, 0.25) is 0 Å². The lowest BCUT2D eigenvalue weighted by Crippen LogP contribution is -2.27. The van der Waals surface area contributed by atoms with Crippen molar-refractivity contribution in [2.75, 3.05) is 37.7 Å². The van der Waals surface area contributed by atoms with Crippen molar-refractivity contribution in [2.24, 2.45) is 0 Å². The summed E-state index contributed by atoms with van der Waals surface area (Å²) in [6.45, 7) is 4.58. The van der Waals surface area contributed by atoms with Crippen molar-refractivity contribution in [3.8, 4) is 0 Å². The first-order valence-corrected chi connectivity index (χ1v) is 15.0. The van der Waals surface area contributed by atoms with Crippen LogP contribution in [0.25, 0.3) is 0 Å². The number of hydrogen-bond acceptors (Lipinski definition) is 6. The van der Waals surface area contributed by atoms with Crippen molar-refractivity contribution in [3.63, 3.8) is 0 Å². The molecule has 2 heterocycles. The lowest BCUT2D eigenvalue weighted by molar-refractivity contribution is 0.450. The van der Waals surface area contributed by atoms with E-state index < -0.39 is 0 Å². The van der Waals surface area contributed by atoms with E-state index in [0.717, 1.165) is 46.3 Å². The Hall–Kier alpha value is 0.920. The number of likely N-dealkylation sites (tertiary alicyclic amines) is 2. The molecule has 0 bridgehead atoms. The maximum atomic E-state index is 5.57. The van der Waals surface area contributed by atoms with Crippen LogP contribution in [0.3, 0.4) is 0 Å². The van der Waals surface area contributed by atoms with Crippen molar-refractivity contribution in [1.82, 2.24) is 9.80 Å². The Labute approximate surface area is 186 Å². The van der Waals surface area contributed by atoms with Crippen LogP contribution >= 0.6 is 67.6 Å². The third-order valence-electron chi connectivity index (χ3n) is 4.48. The Morgan fingerprint density at radius 3 is 1.31 bits per heavy atom. The lowest BCUT2D eigenvalue weighted by Gasteiger charge is -2.21. The van der Waals surface area contributed by atoms with E-state index in [0.29, 0.717) is 0 Å². The molecule has 0 aromatic carbocycles. The molecule has 2 saturated heterocycles. The van der Waals surface area contributed by atoms with Crippen LogP contribution in [0.4, 0.5) is 0 Å². The van der Waals surface area contributed by atoms with Gasteiger partial charge in [0.1, 0.15) is 8.64 Å². The van der Waals surface area contributed by atoms with Crippen LogP contribution in [0.1, 0.15) is 51.4 Å². The molecule has 0 unspecified atom stereocenters. The van der Waals surface area contributed by atoms with Crippen LogP contribution in [0, 0.1) is 0 Å². The third-order valence-corrected chi connectivity index (χ3v) is 10.3. The summed E-state index contributed by atoms with van der Waals surface area (Å²) in [5.41, 5.74) is 0. The Bertz CT molecular complexity index is 401. The Morgan fingerprint density at radius 1 is 0.615 bits per heavy atom. The molecule has 8 heteroatoms. The first kappa shape index (κ1) is 23.2. The van der Waals surface area contributed by atoms with Crippen molar-refractivity contribution in [3.05, 3.63) is 12.2 Å². The largest absolute Gasteiger partial charge is 0.357 e. The van der Waals surface area contributed by atoms with Crippen LogP contribution < -0.4 is 0 Å². The van der Waals surface area contributed by atoms with Crippen molar-refractivity contribution in [1.29, 1.82) is 0 Å². The van der Waals surface area contributed by atoms with Gasteiger partial charge in [-0.1, -0.05) is 83.9 Å². The van der Waals surface area contributed by atoms with Crippen molar-refractivity contribution in [2.45, 2.75) is 51.4 Å². The minimum Gasteiger partial charge on any atom is -0.357 e. The van der Waals surface area contributed by atoms with Crippen LogP contribution in [-0.2, 0) is 0 Å². The number of nitrogens with zero attached hydrogens (tertiary/aromatic N) is 2. The van der Waals surface area contributed by atoms with E-state index in [1.165, 1.54) is 51.4 Å². The molecule has 2 fully saturated rings. The van der Waals surface area contributed by atoms with Gasteiger partial charge < -0.3 is 9.80 Å². The second kappa shape index (κ2) is 14.9. The monoisotopic (exact) mass is 466 g/mol. The Morgan fingerprint density at radius 2 is 0.962 bits per heavy atom. The maximum absolute atomic E-state index is 5.57. The second-order valence-corrected chi connectivity index (χ2v) is 12.5. The molecule has 26 heavy (non-hydrogen) atoms. The standard InChI is InChI=1S/C18H30N2S6/c21-17(19-11-5-1-2-6-12-19)25-23-15-9-10-16-24-26-18(22)20-13-7-3-4-8-14-20/h9-10H,1-8,11-16H2. The highest BCUT2D eigenvalue weighted by Crippen LogP contribution is 2.28. The van der Waals surface area contributed by atoms with E-state index in [1.54, 1.807) is 21.6 Å². The van der Waals surface area contributed by atoms with Crippen LogP contribution in [0.15, 0.2) is 12.2 Å². The molecular formula is C18H30N2S6.